The van der Waals surface area contributed by atoms with Crippen LogP contribution in [0.15, 0.2) is 24.3 Å². The number of hydrogen-bond acceptors (Lipinski definition) is 4. The number of carbonyl (C=O) groups excluding carboxylic acids is 1. The van der Waals surface area contributed by atoms with Crippen molar-refractivity contribution in [1.29, 1.82) is 0 Å². The fraction of sp³-hybridized carbons (Fsp3) is 0.462. The molecule has 18 heavy (non-hydrogen) atoms. The first-order valence-electron chi connectivity index (χ1n) is 5.77. The van der Waals surface area contributed by atoms with Gasteiger partial charge in [0.25, 0.3) is 5.91 Å². The molecule has 1 aromatic rings. The van der Waals surface area contributed by atoms with Gasteiger partial charge >= 0.3 is 0 Å². The van der Waals surface area contributed by atoms with Gasteiger partial charge in [0.05, 0.1) is 26.9 Å². The summed E-state index contributed by atoms with van der Waals surface area (Å²) in [4.78, 5) is 11.7. The summed E-state index contributed by atoms with van der Waals surface area (Å²) in [5.74, 6) is 0.613. The highest BCUT2D eigenvalue weighted by Gasteiger charge is 2.04. The third-order valence-corrected chi connectivity index (χ3v) is 2.32. The molecule has 1 aromatic carbocycles. The van der Waals surface area contributed by atoms with Crippen LogP contribution in [0.5, 0.6) is 5.75 Å². The van der Waals surface area contributed by atoms with Crippen molar-refractivity contribution < 1.29 is 19.0 Å². The molecule has 0 aromatic heterocycles. The van der Waals surface area contributed by atoms with E-state index in [1.165, 1.54) is 0 Å². The number of rotatable bonds is 8. The van der Waals surface area contributed by atoms with Crippen molar-refractivity contribution in [1.82, 2.24) is 5.32 Å². The largest absolute Gasteiger partial charge is 0.497 e. The van der Waals surface area contributed by atoms with Crippen LogP contribution in [-0.2, 0) is 9.47 Å². The molecule has 0 saturated carbocycles. The normalized spacial score (nSPS) is 10.1. The quantitative estimate of drug-likeness (QED) is 0.705. The summed E-state index contributed by atoms with van der Waals surface area (Å²) in [5.41, 5.74) is 0.604. The van der Waals surface area contributed by atoms with Gasteiger partial charge in [0, 0.05) is 19.2 Å². The molecule has 0 aliphatic rings. The molecule has 1 rings (SSSR count). The number of ether oxygens (including phenoxy) is 3. The number of hydrogen-bond donors (Lipinski definition) is 1. The van der Waals surface area contributed by atoms with Crippen molar-refractivity contribution in [2.24, 2.45) is 0 Å². The minimum absolute atomic E-state index is 0.118. The average molecular weight is 253 g/mol. The second-order valence-corrected chi connectivity index (χ2v) is 3.59. The smallest absolute Gasteiger partial charge is 0.251 e. The van der Waals surface area contributed by atoms with E-state index in [-0.39, 0.29) is 5.91 Å². The van der Waals surface area contributed by atoms with E-state index >= 15 is 0 Å². The molecule has 0 unspecified atom stereocenters. The highest BCUT2D eigenvalue weighted by atomic mass is 16.5. The van der Waals surface area contributed by atoms with E-state index in [0.29, 0.717) is 31.9 Å². The molecule has 1 N–H and O–H groups in total. The van der Waals surface area contributed by atoms with Gasteiger partial charge in [0.1, 0.15) is 5.75 Å². The van der Waals surface area contributed by atoms with Crippen LogP contribution in [0.4, 0.5) is 0 Å². The molecule has 0 aliphatic heterocycles. The van der Waals surface area contributed by atoms with Gasteiger partial charge in [0.15, 0.2) is 0 Å². The molecular weight excluding hydrogens is 234 g/mol. The Bertz CT molecular complexity index is 351. The van der Waals surface area contributed by atoms with Gasteiger partial charge in [-0.3, -0.25) is 4.79 Å². The zero-order chi connectivity index (χ0) is 13.2. The SMILES string of the molecule is COCCOCCNC(=O)c1ccc(OC)cc1. The maximum Gasteiger partial charge on any atom is 0.251 e. The highest BCUT2D eigenvalue weighted by Crippen LogP contribution is 2.10. The summed E-state index contributed by atoms with van der Waals surface area (Å²) < 4.78 is 15.1. The Hall–Kier alpha value is -1.59. The zero-order valence-corrected chi connectivity index (χ0v) is 10.8. The van der Waals surface area contributed by atoms with E-state index in [4.69, 9.17) is 14.2 Å². The second kappa shape index (κ2) is 8.49. The predicted molar refractivity (Wildman–Crippen MR) is 68.0 cm³/mol. The fourth-order valence-electron chi connectivity index (χ4n) is 1.33. The second-order valence-electron chi connectivity index (χ2n) is 3.59. The van der Waals surface area contributed by atoms with Crippen molar-refractivity contribution >= 4 is 5.91 Å². The summed E-state index contributed by atoms with van der Waals surface area (Å²) in [5, 5.41) is 2.77. The van der Waals surface area contributed by atoms with E-state index in [2.05, 4.69) is 5.32 Å². The summed E-state index contributed by atoms with van der Waals surface area (Å²) >= 11 is 0. The minimum atomic E-state index is -0.118. The van der Waals surface area contributed by atoms with Gasteiger partial charge in [-0.25, -0.2) is 0 Å². The van der Waals surface area contributed by atoms with Gasteiger partial charge < -0.3 is 19.5 Å². The first-order valence-corrected chi connectivity index (χ1v) is 5.77. The standard InChI is InChI=1S/C13H19NO4/c1-16-9-10-18-8-7-14-13(15)11-3-5-12(17-2)6-4-11/h3-6H,7-10H2,1-2H3,(H,14,15). The Morgan fingerprint density at radius 2 is 1.83 bits per heavy atom. The molecule has 5 nitrogen and oxygen atoms in total. The molecule has 0 atom stereocenters. The zero-order valence-electron chi connectivity index (χ0n) is 10.8. The molecule has 1 amide bonds. The molecule has 0 bridgehead atoms. The molecule has 0 radical (unpaired) electrons. The summed E-state index contributed by atoms with van der Waals surface area (Å²) in [6, 6.07) is 6.95. The molecule has 100 valence electrons. The molecule has 5 heteroatoms. The third kappa shape index (κ3) is 5.16. The van der Waals surface area contributed by atoms with E-state index in [1.54, 1.807) is 38.5 Å². The summed E-state index contributed by atoms with van der Waals surface area (Å²) in [6.07, 6.45) is 0. The van der Waals surface area contributed by atoms with Crippen molar-refractivity contribution in [2.75, 3.05) is 40.6 Å². The lowest BCUT2D eigenvalue weighted by molar-refractivity contribution is 0.0692. The number of methoxy groups -OCH3 is 2. The Kier molecular flexibility index (Phi) is 6.83. The van der Waals surface area contributed by atoms with Gasteiger partial charge in [-0.05, 0) is 24.3 Å². The monoisotopic (exact) mass is 253 g/mol. The topological polar surface area (TPSA) is 56.8 Å². The lowest BCUT2D eigenvalue weighted by Crippen LogP contribution is -2.27. The molecule has 0 heterocycles. The van der Waals surface area contributed by atoms with Crippen LogP contribution in [0.1, 0.15) is 10.4 Å². The maximum atomic E-state index is 11.7. The lowest BCUT2D eigenvalue weighted by atomic mass is 10.2. The van der Waals surface area contributed by atoms with Crippen LogP contribution >= 0.6 is 0 Å². The molecule has 0 fully saturated rings. The Morgan fingerprint density at radius 1 is 1.11 bits per heavy atom. The summed E-state index contributed by atoms with van der Waals surface area (Å²) in [7, 11) is 3.21. The van der Waals surface area contributed by atoms with Gasteiger partial charge in [-0.1, -0.05) is 0 Å². The Morgan fingerprint density at radius 3 is 2.44 bits per heavy atom. The first kappa shape index (κ1) is 14.5. The first-order chi connectivity index (χ1) is 8.77. The lowest BCUT2D eigenvalue weighted by Gasteiger charge is -2.06. The number of amides is 1. The number of carbonyl (C=O) groups is 1. The number of nitrogens with one attached hydrogen (secondary N) is 1. The maximum absolute atomic E-state index is 11.7. The van der Waals surface area contributed by atoms with Crippen molar-refractivity contribution in [3.63, 3.8) is 0 Å². The van der Waals surface area contributed by atoms with E-state index < -0.39 is 0 Å². The van der Waals surface area contributed by atoms with Crippen LogP contribution in [0.25, 0.3) is 0 Å². The van der Waals surface area contributed by atoms with Crippen molar-refractivity contribution in [3.8, 4) is 5.75 Å². The fourth-order valence-corrected chi connectivity index (χ4v) is 1.33. The Labute approximate surface area is 107 Å². The van der Waals surface area contributed by atoms with Gasteiger partial charge in [-0.15, -0.1) is 0 Å². The predicted octanol–water partition coefficient (Wildman–Crippen LogP) is 1.09. The Balaban J connectivity index is 2.23. The number of benzene rings is 1. The summed E-state index contributed by atoms with van der Waals surface area (Å²) in [6.45, 7) is 2.06. The van der Waals surface area contributed by atoms with E-state index in [9.17, 15) is 4.79 Å². The molecule has 0 aliphatic carbocycles. The molecular formula is C13H19NO4. The van der Waals surface area contributed by atoms with Gasteiger partial charge in [-0.2, -0.15) is 0 Å². The van der Waals surface area contributed by atoms with Crippen LogP contribution in [0.2, 0.25) is 0 Å². The van der Waals surface area contributed by atoms with Crippen molar-refractivity contribution in [3.05, 3.63) is 29.8 Å². The molecule has 0 saturated heterocycles. The molecule has 0 spiro atoms. The van der Waals surface area contributed by atoms with E-state index in [1.807, 2.05) is 0 Å². The van der Waals surface area contributed by atoms with Gasteiger partial charge in [0.2, 0.25) is 0 Å². The van der Waals surface area contributed by atoms with E-state index in [0.717, 1.165) is 5.75 Å². The van der Waals surface area contributed by atoms with Crippen LogP contribution in [0.3, 0.4) is 0 Å². The van der Waals surface area contributed by atoms with Crippen LogP contribution < -0.4 is 10.1 Å². The van der Waals surface area contributed by atoms with Crippen molar-refractivity contribution in [2.45, 2.75) is 0 Å². The van der Waals surface area contributed by atoms with Crippen LogP contribution in [0, 0.1) is 0 Å². The average Bonchev–Trinajstić information content (AvgIpc) is 2.42. The minimum Gasteiger partial charge on any atom is -0.497 e. The van der Waals surface area contributed by atoms with Crippen LogP contribution in [-0.4, -0.2) is 46.5 Å². The highest BCUT2D eigenvalue weighted by molar-refractivity contribution is 5.94. The third-order valence-electron chi connectivity index (χ3n) is 2.32.